The lowest BCUT2D eigenvalue weighted by molar-refractivity contribution is -0.154. The van der Waals surface area contributed by atoms with E-state index < -0.39 is 24.3 Å². The fraction of sp³-hybridized carbons (Fsp3) is 0.333. The largest absolute Gasteiger partial charge is 0.454 e. The Balaban J connectivity index is 1.52. The number of anilines is 3. The van der Waals surface area contributed by atoms with E-state index in [0.717, 1.165) is 18.4 Å². The van der Waals surface area contributed by atoms with Gasteiger partial charge in [-0.15, -0.1) is 0 Å². The highest BCUT2D eigenvalue weighted by molar-refractivity contribution is 6.30. The molecule has 1 heterocycles. The molecule has 0 unspecified atom stereocenters. The first-order chi connectivity index (χ1) is 17.7. The van der Waals surface area contributed by atoms with Crippen LogP contribution in [0.5, 0.6) is 6.01 Å². The lowest BCUT2D eigenvalue weighted by Crippen LogP contribution is -2.25. The Morgan fingerprint density at radius 1 is 1.03 bits per heavy atom. The smallest absolute Gasteiger partial charge is 0.422 e. The SMILES string of the molecule is NCCCNC(=O)c1ccc(Nc2nc(NC3(c4ccc(Cl)cc4)CC3)nc(OCC(F)(F)F)n2)cc1. The summed E-state index contributed by atoms with van der Waals surface area (Å²) < 4.78 is 43.0. The van der Waals surface area contributed by atoms with Crippen molar-refractivity contribution in [2.24, 2.45) is 5.73 Å². The van der Waals surface area contributed by atoms with Crippen LogP contribution in [-0.4, -0.2) is 46.7 Å². The third-order valence-corrected chi connectivity index (χ3v) is 5.80. The van der Waals surface area contributed by atoms with Gasteiger partial charge in [0.05, 0.1) is 5.54 Å². The van der Waals surface area contributed by atoms with Gasteiger partial charge in [-0.05, 0) is 67.8 Å². The zero-order valence-corrected chi connectivity index (χ0v) is 20.4. The molecule has 37 heavy (non-hydrogen) atoms. The van der Waals surface area contributed by atoms with Crippen molar-refractivity contribution >= 4 is 35.1 Å². The summed E-state index contributed by atoms with van der Waals surface area (Å²) in [5.74, 6) is -0.217. The van der Waals surface area contributed by atoms with Crippen molar-refractivity contribution in [3.63, 3.8) is 0 Å². The van der Waals surface area contributed by atoms with Gasteiger partial charge in [-0.2, -0.15) is 28.1 Å². The van der Waals surface area contributed by atoms with E-state index in [1.54, 1.807) is 36.4 Å². The number of hydrogen-bond acceptors (Lipinski definition) is 8. The molecule has 13 heteroatoms. The maximum atomic E-state index is 12.7. The molecule has 0 radical (unpaired) electrons. The molecule has 3 aromatic rings. The van der Waals surface area contributed by atoms with Crippen LogP contribution in [-0.2, 0) is 5.54 Å². The number of amides is 1. The molecule has 1 saturated carbocycles. The van der Waals surface area contributed by atoms with Gasteiger partial charge in [-0.1, -0.05) is 23.7 Å². The first kappa shape index (κ1) is 26.4. The lowest BCUT2D eigenvalue weighted by Gasteiger charge is -2.19. The second kappa shape index (κ2) is 11.2. The highest BCUT2D eigenvalue weighted by Crippen LogP contribution is 2.48. The predicted octanol–water partition coefficient (Wildman–Crippen LogP) is 4.39. The van der Waals surface area contributed by atoms with Gasteiger partial charge in [0, 0.05) is 22.8 Å². The van der Waals surface area contributed by atoms with Gasteiger partial charge in [-0.3, -0.25) is 4.79 Å². The van der Waals surface area contributed by atoms with Gasteiger partial charge in [-0.25, -0.2) is 0 Å². The third kappa shape index (κ3) is 7.43. The van der Waals surface area contributed by atoms with E-state index >= 15 is 0 Å². The summed E-state index contributed by atoms with van der Waals surface area (Å²) in [7, 11) is 0. The molecule has 9 nitrogen and oxygen atoms in total. The summed E-state index contributed by atoms with van der Waals surface area (Å²) in [5.41, 5.74) is 6.86. The molecule has 1 aliphatic rings. The van der Waals surface area contributed by atoms with Gasteiger partial charge in [0.1, 0.15) is 0 Å². The molecule has 1 aromatic heterocycles. The standard InChI is InChI=1S/C24H25ClF3N7O2/c25-17-6-4-16(5-7-17)23(10-11-23)35-21-32-20(33-22(34-21)37-14-24(26,27)28)31-18-8-2-15(3-9-18)19(36)30-13-1-12-29/h2-9H,1,10-14,29H2,(H,30,36)(H2,31,32,33,34,35). The van der Waals surface area contributed by atoms with E-state index in [2.05, 4.69) is 30.9 Å². The average molecular weight is 536 g/mol. The van der Waals surface area contributed by atoms with E-state index in [-0.39, 0.29) is 17.8 Å². The van der Waals surface area contributed by atoms with E-state index in [0.29, 0.717) is 35.8 Å². The number of hydrogen-bond donors (Lipinski definition) is 4. The van der Waals surface area contributed by atoms with Crippen molar-refractivity contribution in [1.82, 2.24) is 20.3 Å². The Bertz CT molecular complexity index is 1220. The van der Waals surface area contributed by atoms with Crippen molar-refractivity contribution in [1.29, 1.82) is 0 Å². The van der Waals surface area contributed by atoms with E-state index in [1.807, 2.05) is 12.1 Å². The summed E-state index contributed by atoms with van der Waals surface area (Å²) >= 11 is 5.99. The lowest BCUT2D eigenvalue weighted by atomic mass is 10.1. The fourth-order valence-corrected chi connectivity index (χ4v) is 3.64. The third-order valence-electron chi connectivity index (χ3n) is 5.55. The molecule has 196 valence electrons. The van der Waals surface area contributed by atoms with Crippen molar-refractivity contribution in [2.75, 3.05) is 30.3 Å². The number of aromatic nitrogens is 3. The van der Waals surface area contributed by atoms with Gasteiger partial charge in [0.2, 0.25) is 11.9 Å². The van der Waals surface area contributed by atoms with Gasteiger partial charge in [0.25, 0.3) is 5.91 Å². The average Bonchev–Trinajstić information content (AvgIpc) is 3.63. The van der Waals surface area contributed by atoms with Crippen LogP contribution >= 0.6 is 11.6 Å². The normalized spacial score (nSPS) is 14.1. The second-order valence-corrected chi connectivity index (χ2v) is 8.92. The molecule has 0 spiro atoms. The number of benzene rings is 2. The minimum atomic E-state index is -4.56. The minimum absolute atomic E-state index is 0.0262. The molecule has 1 amide bonds. The summed E-state index contributed by atoms with van der Waals surface area (Å²) in [6.45, 7) is -0.609. The molecule has 1 fully saturated rings. The minimum Gasteiger partial charge on any atom is -0.454 e. The van der Waals surface area contributed by atoms with Gasteiger partial charge < -0.3 is 26.4 Å². The summed E-state index contributed by atoms with van der Waals surface area (Å²) in [5, 5.41) is 9.48. The second-order valence-electron chi connectivity index (χ2n) is 8.48. The molecule has 0 saturated heterocycles. The Hall–Kier alpha value is -3.64. The van der Waals surface area contributed by atoms with Crippen molar-refractivity contribution < 1.29 is 22.7 Å². The van der Waals surface area contributed by atoms with Crippen LogP contribution in [0, 0.1) is 0 Å². The summed E-state index contributed by atoms with van der Waals surface area (Å²) in [4.78, 5) is 24.5. The quantitative estimate of drug-likeness (QED) is 0.266. The van der Waals surface area contributed by atoms with Crippen molar-refractivity contribution in [2.45, 2.75) is 31.0 Å². The number of alkyl halides is 3. The topological polar surface area (TPSA) is 127 Å². The molecular formula is C24H25ClF3N7O2. The van der Waals surface area contributed by atoms with Gasteiger partial charge >= 0.3 is 12.2 Å². The number of nitrogens with one attached hydrogen (secondary N) is 3. The molecule has 5 N–H and O–H groups in total. The molecular weight excluding hydrogens is 511 g/mol. The summed E-state index contributed by atoms with van der Waals surface area (Å²) in [6, 6.07) is 13.2. The summed E-state index contributed by atoms with van der Waals surface area (Å²) in [6.07, 6.45) is -2.35. The Labute approximate surface area is 216 Å². The van der Waals surface area contributed by atoms with E-state index in [9.17, 15) is 18.0 Å². The first-order valence-electron chi connectivity index (χ1n) is 11.5. The van der Waals surface area contributed by atoms with Crippen molar-refractivity contribution in [3.8, 4) is 6.01 Å². The van der Waals surface area contributed by atoms with Crippen LogP contribution in [0.2, 0.25) is 5.02 Å². The van der Waals surface area contributed by atoms with E-state index in [1.165, 1.54) is 0 Å². The number of ether oxygens (including phenoxy) is 1. The van der Waals surface area contributed by atoms with Crippen molar-refractivity contribution in [3.05, 3.63) is 64.7 Å². The maximum Gasteiger partial charge on any atom is 0.422 e. The molecule has 0 atom stereocenters. The number of rotatable bonds is 11. The van der Waals surface area contributed by atoms with Crippen LogP contribution < -0.4 is 26.4 Å². The molecule has 1 aliphatic carbocycles. The number of nitrogens with zero attached hydrogens (tertiary/aromatic N) is 3. The van der Waals surface area contributed by atoms with Crippen LogP contribution in [0.25, 0.3) is 0 Å². The fourth-order valence-electron chi connectivity index (χ4n) is 3.51. The Morgan fingerprint density at radius 2 is 1.70 bits per heavy atom. The molecule has 2 aromatic carbocycles. The molecule has 4 rings (SSSR count). The van der Waals surface area contributed by atoms with Crippen LogP contribution in [0.15, 0.2) is 48.5 Å². The number of halogens is 4. The molecule has 0 aliphatic heterocycles. The zero-order chi connectivity index (χ0) is 26.5. The maximum absolute atomic E-state index is 12.7. The first-order valence-corrected chi connectivity index (χ1v) is 11.9. The Kier molecular flexibility index (Phi) is 7.98. The number of carbonyl (C=O) groups is 1. The van der Waals surface area contributed by atoms with Crippen LogP contribution in [0.1, 0.15) is 35.2 Å². The number of carbonyl (C=O) groups excluding carboxylic acids is 1. The van der Waals surface area contributed by atoms with Crippen LogP contribution in [0.4, 0.5) is 30.8 Å². The predicted molar refractivity (Wildman–Crippen MR) is 133 cm³/mol. The van der Waals surface area contributed by atoms with E-state index in [4.69, 9.17) is 22.1 Å². The highest BCUT2D eigenvalue weighted by Gasteiger charge is 2.45. The Morgan fingerprint density at radius 3 is 2.32 bits per heavy atom. The van der Waals surface area contributed by atoms with Gasteiger partial charge in [0.15, 0.2) is 6.61 Å². The molecule has 0 bridgehead atoms. The zero-order valence-electron chi connectivity index (χ0n) is 19.6. The monoisotopic (exact) mass is 535 g/mol. The van der Waals surface area contributed by atoms with Crippen LogP contribution in [0.3, 0.4) is 0 Å². The number of nitrogens with two attached hydrogens (primary N) is 1. The highest BCUT2D eigenvalue weighted by atomic mass is 35.5.